The van der Waals surface area contributed by atoms with E-state index in [9.17, 15) is 4.21 Å². The van der Waals surface area contributed by atoms with Crippen molar-refractivity contribution in [3.8, 4) is 0 Å². The lowest BCUT2D eigenvalue weighted by Gasteiger charge is -2.35. The van der Waals surface area contributed by atoms with Crippen molar-refractivity contribution in [3.05, 3.63) is 30.6 Å². The highest BCUT2D eigenvalue weighted by atomic mass is 32.2. The molecule has 22 heavy (non-hydrogen) atoms. The molecule has 0 amide bonds. The molecular weight excluding hydrogens is 300 g/mol. The Kier molecular flexibility index (Phi) is 5.31. The fourth-order valence-electron chi connectivity index (χ4n) is 2.27. The first kappa shape index (κ1) is 16.6. The van der Waals surface area contributed by atoms with Crippen LogP contribution in [0.25, 0.3) is 0 Å². The van der Waals surface area contributed by atoms with Crippen molar-refractivity contribution < 1.29 is 8.95 Å². The summed E-state index contributed by atoms with van der Waals surface area (Å²) >= 11 is 0. The van der Waals surface area contributed by atoms with Gasteiger partial charge in [-0.25, -0.2) is 9.19 Å². The van der Waals surface area contributed by atoms with Gasteiger partial charge in [0.1, 0.15) is 0 Å². The Balaban J connectivity index is 2.48. The summed E-state index contributed by atoms with van der Waals surface area (Å²) in [5, 5.41) is 0. The van der Waals surface area contributed by atoms with Crippen molar-refractivity contribution in [3.63, 3.8) is 0 Å². The third-order valence-corrected chi connectivity index (χ3v) is 3.77. The lowest BCUT2D eigenvalue weighted by molar-refractivity contribution is 0.0989. The van der Waals surface area contributed by atoms with Crippen LogP contribution >= 0.6 is 0 Å². The standard InChI is InChI=1S/C15H22N4O2S/c1-5-16-10-13-8-14(19-6-7-21-11-12(19)2)9-15(17-13)18-22(3,4)20/h5,8-10,12H,1,6-7,11H2,2-4H3/b16-10+/t12-/m1/s1. The van der Waals surface area contributed by atoms with Crippen LogP contribution in [-0.4, -0.2) is 53.7 Å². The molecule has 0 spiro atoms. The van der Waals surface area contributed by atoms with Crippen LogP contribution < -0.4 is 4.90 Å². The predicted molar refractivity (Wildman–Crippen MR) is 91.7 cm³/mol. The van der Waals surface area contributed by atoms with Crippen LogP contribution in [0.15, 0.2) is 34.3 Å². The second-order valence-corrected chi connectivity index (χ2v) is 8.00. The van der Waals surface area contributed by atoms with E-state index in [-0.39, 0.29) is 6.04 Å². The predicted octanol–water partition coefficient (Wildman–Crippen LogP) is 2.23. The second kappa shape index (κ2) is 7.02. The smallest absolute Gasteiger partial charge is 0.164 e. The Labute approximate surface area is 132 Å². The van der Waals surface area contributed by atoms with E-state index in [2.05, 4.69) is 32.7 Å². The fraction of sp³-hybridized carbons (Fsp3) is 0.467. The summed E-state index contributed by atoms with van der Waals surface area (Å²) in [5.74, 6) is 0.455. The molecule has 0 unspecified atom stereocenters. The highest BCUT2D eigenvalue weighted by Gasteiger charge is 2.20. The Morgan fingerprint density at radius 2 is 2.27 bits per heavy atom. The highest BCUT2D eigenvalue weighted by molar-refractivity contribution is 7.92. The zero-order valence-electron chi connectivity index (χ0n) is 13.2. The maximum Gasteiger partial charge on any atom is 0.164 e. The minimum Gasteiger partial charge on any atom is -0.377 e. The first-order valence-electron chi connectivity index (χ1n) is 7.07. The van der Waals surface area contributed by atoms with Crippen LogP contribution in [0.4, 0.5) is 11.5 Å². The number of hydrogen-bond donors (Lipinski definition) is 0. The van der Waals surface area contributed by atoms with E-state index in [4.69, 9.17) is 4.74 Å². The van der Waals surface area contributed by atoms with E-state index < -0.39 is 9.73 Å². The molecule has 0 saturated carbocycles. The van der Waals surface area contributed by atoms with Crippen LogP contribution in [0.2, 0.25) is 0 Å². The number of anilines is 1. The van der Waals surface area contributed by atoms with Crippen molar-refractivity contribution in [2.45, 2.75) is 13.0 Å². The number of hydrogen-bond acceptors (Lipinski definition) is 6. The summed E-state index contributed by atoms with van der Waals surface area (Å²) in [6, 6.07) is 4.07. The molecule has 1 aliphatic rings. The molecule has 0 bridgehead atoms. The molecule has 120 valence electrons. The highest BCUT2D eigenvalue weighted by Crippen LogP contribution is 2.25. The molecule has 2 rings (SSSR count). The van der Waals surface area contributed by atoms with Crippen LogP contribution in [0.1, 0.15) is 12.6 Å². The molecule has 2 heterocycles. The molecule has 0 N–H and O–H groups in total. The molecule has 1 aromatic heterocycles. The Hall–Kier alpha value is -1.73. The monoisotopic (exact) mass is 322 g/mol. The number of morpholine rings is 1. The quantitative estimate of drug-likeness (QED) is 0.797. The molecule has 1 saturated heterocycles. The average molecular weight is 322 g/mol. The van der Waals surface area contributed by atoms with E-state index in [1.165, 1.54) is 6.20 Å². The molecule has 0 aliphatic carbocycles. The summed E-state index contributed by atoms with van der Waals surface area (Å²) < 4.78 is 21.6. The molecule has 1 aromatic rings. The molecule has 0 aromatic carbocycles. The zero-order valence-corrected chi connectivity index (χ0v) is 14.0. The van der Waals surface area contributed by atoms with Crippen molar-refractivity contribution in [2.75, 3.05) is 37.2 Å². The van der Waals surface area contributed by atoms with E-state index in [1.54, 1.807) is 18.7 Å². The van der Waals surface area contributed by atoms with Gasteiger partial charge < -0.3 is 9.64 Å². The van der Waals surface area contributed by atoms with Gasteiger partial charge in [0, 0.05) is 52.8 Å². The lowest BCUT2D eigenvalue weighted by atomic mass is 10.2. The topological polar surface area (TPSA) is 67.2 Å². The molecule has 7 heteroatoms. The average Bonchev–Trinajstić information content (AvgIpc) is 2.43. The summed E-state index contributed by atoms with van der Waals surface area (Å²) in [6.07, 6.45) is 6.26. The van der Waals surface area contributed by atoms with Crippen LogP contribution in [-0.2, 0) is 14.5 Å². The first-order valence-corrected chi connectivity index (χ1v) is 9.40. The van der Waals surface area contributed by atoms with Gasteiger partial charge in [-0.3, -0.25) is 4.99 Å². The number of ether oxygens (including phenoxy) is 1. The lowest BCUT2D eigenvalue weighted by Crippen LogP contribution is -2.43. The maximum absolute atomic E-state index is 11.9. The minimum atomic E-state index is -2.27. The summed E-state index contributed by atoms with van der Waals surface area (Å²) in [7, 11) is -2.27. The van der Waals surface area contributed by atoms with Gasteiger partial charge in [-0.1, -0.05) is 6.58 Å². The molecule has 1 fully saturated rings. The van der Waals surface area contributed by atoms with Gasteiger partial charge in [0.25, 0.3) is 0 Å². The molecular formula is C15H22N4O2S. The van der Waals surface area contributed by atoms with Crippen molar-refractivity contribution in [1.29, 1.82) is 0 Å². The first-order chi connectivity index (χ1) is 10.4. The maximum atomic E-state index is 11.9. The number of aliphatic imine (C=N–C) groups is 1. The van der Waals surface area contributed by atoms with Gasteiger partial charge in [-0.2, -0.15) is 4.36 Å². The number of aromatic nitrogens is 1. The Bertz CT molecular complexity index is 685. The molecule has 1 aliphatic heterocycles. The zero-order chi connectivity index (χ0) is 16.2. The summed E-state index contributed by atoms with van der Waals surface area (Å²) in [4.78, 5) is 10.6. The SMILES string of the molecule is C=C/N=C/c1cc(N2CCOC[C@H]2C)cc(N=S(C)(C)=O)n1. The van der Waals surface area contributed by atoms with Crippen molar-refractivity contribution in [2.24, 2.45) is 9.36 Å². The third-order valence-electron chi connectivity index (χ3n) is 3.14. The second-order valence-electron chi connectivity index (χ2n) is 5.46. The van der Waals surface area contributed by atoms with Crippen LogP contribution in [0.3, 0.4) is 0 Å². The minimum absolute atomic E-state index is 0.265. The Morgan fingerprint density at radius 3 is 2.91 bits per heavy atom. The van der Waals surface area contributed by atoms with E-state index in [0.717, 1.165) is 12.2 Å². The van der Waals surface area contributed by atoms with Crippen molar-refractivity contribution in [1.82, 2.24) is 4.98 Å². The van der Waals surface area contributed by atoms with E-state index in [0.29, 0.717) is 24.7 Å². The Morgan fingerprint density at radius 1 is 1.50 bits per heavy atom. The summed E-state index contributed by atoms with van der Waals surface area (Å²) in [6.45, 7) is 7.84. The van der Waals surface area contributed by atoms with Crippen molar-refractivity contribution >= 4 is 27.4 Å². The molecule has 6 nitrogen and oxygen atoms in total. The number of nitrogens with zero attached hydrogens (tertiary/aromatic N) is 4. The third kappa shape index (κ3) is 4.64. The van der Waals surface area contributed by atoms with Gasteiger partial charge in [0.05, 0.1) is 25.1 Å². The fourth-order valence-corrected chi connectivity index (χ4v) is 2.81. The van der Waals surface area contributed by atoms with E-state index in [1.807, 2.05) is 12.1 Å². The van der Waals surface area contributed by atoms with Gasteiger partial charge in [-0.05, 0) is 13.0 Å². The number of pyridine rings is 1. The normalized spacial score (nSPS) is 19.4. The molecule has 1 atom stereocenters. The van der Waals surface area contributed by atoms with Crippen LogP contribution in [0.5, 0.6) is 0 Å². The van der Waals surface area contributed by atoms with Crippen LogP contribution in [0, 0.1) is 0 Å². The largest absolute Gasteiger partial charge is 0.377 e. The molecule has 0 radical (unpaired) electrons. The van der Waals surface area contributed by atoms with Gasteiger partial charge in [0.2, 0.25) is 0 Å². The van der Waals surface area contributed by atoms with Gasteiger partial charge in [-0.15, -0.1) is 0 Å². The van der Waals surface area contributed by atoms with Gasteiger partial charge in [0.15, 0.2) is 5.82 Å². The summed E-state index contributed by atoms with van der Waals surface area (Å²) in [5.41, 5.74) is 1.65. The van der Waals surface area contributed by atoms with E-state index >= 15 is 0 Å². The number of rotatable bonds is 4. The van der Waals surface area contributed by atoms with Gasteiger partial charge >= 0.3 is 0 Å².